The Morgan fingerprint density at radius 2 is 1.90 bits per heavy atom. The maximum absolute atomic E-state index is 11.6. The van der Waals surface area contributed by atoms with E-state index in [1.165, 1.54) is 0 Å². The molecule has 1 fully saturated rings. The SMILES string of the molecule is COc1cccc(C(CN)N2CCS(=O)(=O)CC2)c1OC. The largest absolute Gasteiger partial charge is 0.493 e. The molecule has 1 heterocycles. The van der Waals surface area contributed by atoms with Gasteiger partial charge in [0.25, 0.3) is 0 Å². The Hall–Kier alpha value is -1.31. The van der Waals surface area contributed by atoms with E-state index < -0.39 is 9.84 Å². The molecule has 1 saturated heterocycles. The number of hydrogen-bond donors (Lipinski definition) is 1. The molecule has 0 bridgehead atoms. The first kappa shape index (κ1) is 16.1. The zero-order valence-electron chi connectivity index (χ0n) is 12.4. The molecule has 1 aliphatic heterocycles. The number of para-hydroxylation sites is 1. The first-order valence-corrected chi connectivity index (χ1v) is 8.70. The molecule has 21 heavy (non-hydrogen) atoms. The molecule has 0 aromatic heterocycles. The van der Waals surface area contributed by atoms with Gasteiger partial charge in [-0.15, -0.1) is 0 Å². The van der Waals surface area contributed by atoms with Crippen LogP contribution in [0.25, 0.3) is 0 Å². The Balaban J connectivity index is 2.30. The molecular formula is C14H22N2O4S. The van der Waals surface area contributed by atoms with Gasteiger partial charge < -0.3 is 15.2 Å². The van der Waals surface area contributed by atoms with Crippen LogP contribution in [-0.4, -0.2) is 58.7 Å². The third kappa shape index (κ3) is 3.48. The van der Waals surface area contributed by atoms with Crippen molar-refractivity contribution < 1.29 is 17.9 Å². The first-order chi connectivity index (χ1) is 10.0. The number of nitrogens with two attached hydrogens (primary N) is 1. The lowest BCUT2D eigenvalue weighted by Crippen LogP contribution is -2.44. The van der Waals surface area contributed by atoms with E-state index in [1.807, 2.05) is 18.2 Å². The second-order valence-electron chi connectivity index (χ2n) is 5.02. The molecule has 1 atom stereocenters. The lowest BCUT2D eigenvalue weighted by molar-refractivity contribution is 0.213. The minimum Gasteiger partial charge on any atom is -0.493 e. The van der Waals surface area contributed by atoms with Gasteiger partial charge in [-0.05, 0) is 6.07 Å². The summed E-state index contributed by atoms with van der Waals surface area (Å²) in [6.45, 7) is 1.37. The van der Waals surface area contributed by atoms with Gasteiger partial charge in [-0.2, -0.15) is 0 Å². The number of rotatable bonds is 5. The standard InChI is InChI=1S/C14H22N2O4S/c1-19-13-5-3-4-11(14(13)20-2)12(10-15)16-6-8-21(17,18)9-7-16/h3-5,12H,6-10,15H2,1-2H3. The average molecular weight is 314 g/mol. The maximum Gasteiger partial charge on any atom is 0.165 e. The highest BCUT2D eigenvalue weighted by Gasteiger charge is 2.29. The van der Waals surface area contributed by atoms with Crippen molar-refractivity contribution in [2.24, 2.45) is 5.73 Å². The molecule has 118 valence electrons. The van der Waals surface area contributed by atoms with Gasteiger partial charge in [0.15, 0.2) is 21.3 Å². The third-order valence-electron chi connectivity index (χ3n) is 3.84. The number of ether oxygens (including phenoxy) is 2. The molecule has 2 rings (SSSR count). The number of benzene rings is 1. The van der Waals surface area contributed by atoms with E-state index >= 15 is 0 Å². The summed E-state index contributed by atoms with van der Waals surface area (Å²) in [5.41, 5.74) is 6.86. The van der Waals surface area contributed by atoms with Crippen LogP contribution in [0.3, 0.4) is 0 Å². The Morgan fingerprint density at radius 3 is 2.43 bits per heavy atom. The number of nitrogens with zero attached hydrogens (tertiary/aromatic N) is 1. The molecule has 0 radical (unpaired) electrons. The molecule has 0 amide bonds. The molecule has 0 saturated carbocycles. The van der Waals surface area contributed by atoms with Crippen molar-refractivity contribution in [2.45, 2.75) is 6.04 Å². The number of hydrogen-bond acceptors (Lipinski definition) is 6. The Kier molecular flexibility index (Phi) is 5.08. The van der Waals surface area contributed by atoms with Gasteiger partial charge in [0, 0.05) is 25.2 Å². The van der Waals surface area contributed by atoms with Gasteiger partial charge in [-0.25, -0.2) is 8.42 Å². The lowest BCUT2D eigenvalue weighted by atomic mass is 10.0. The summed E-state index contributed by atoms with van der Waals surface area (Å²) in [5.74, 6) is 1.66. The Bertz CT molecular complexity index is 575. The van der Waals surface area contributed by atoms with Crippen LogP contribution in [0.2, 0.25) is 0 Å². The van der Waals surface area contributed by atoms with E-state index in [0.717, 1.165) is 5.56 Å². The number of sulfone groups is 1. The second-order valence-corrected chi connectivity index (χ2v) is 7.33. The highest BCUT2D eigenvalue weighted by Crippen LogP contribution is 2.36. The fourth-order valence-electron chi connectivity index (χ4n) is 2.69. The summed E-state index contributed by atoms with van der Waals surface area (Å²) in [7, 11) is 0.276. The third-order valence-corrected chi connectivity index (χ3v) is 5.44. The highest BCUT2D eigenvalue weighted by atomic mass is 32.2. The fourth-order valence-corrected chi connectivity index (χ4v) is 3.91. The van der Waals surface area contributed by atoms with Crippen LogP contribution in [0.5, 0.6) is 11.5 Å². The van der Waals surface area contributed by atoms with Crippen molar-refractivity contribution >= 4 is 9.84 Å². The van der Waals surface area contributed by atoms with E-state index in [2.05, 4.69) is 4.90 Å². The summed E-state index contributed by atoms with van der Waals surface area (Å²) in [5, 5.41) is 0. The zero-order valence-corrected chi connectivity index (χ0v) is 13.2. The van der Waals surface area contributed by atoms with Crippen molar-refractivity contribution in [1.29, 1.82) is 0 Å². The maximum atomic E-state index is 11.6. The Morgan fingerprint density at radius 1 is 1.24 bits per heavy atom. The van der Waals surface area contributed by atoms with Crippen molar-refractivity contribution in [2.75, 3.05) is 45.4 Å². The van der Waals surface area contributed by atoms with Gasteiger partial charge in [-0.3, -0.25) is 4.90 Å². The van der Waals surface area contributed by atoms with Crippen molar-refractivity contribution in [3.05, 3.63) is 23.8 Å². The zero-order chi connectivity index (χ0) is 15.5. The number of methoxy groups -OCH3 is 2. The van der Waals surface area contributed by atoms with Crippen molar-refractivity contribution in [3.8, 4) is 11.5 Å². The van der Waals surface area contributed by atoms with Crippen LogP contribution in [-0.2, 0) is 9.84 Å². The van der Waals surface area contributed by atoms with Crippen LogP contribution in [0.1, 0.15) is 11.6 Å². The van der Waals surface area contributed by atoms with Gasteiger partial charge in [0.2, 0.25) is 0 Å². The molecule has 1 aromatic carbocycles. The smallest absolute Gasteiger partial charge is 0.165 e. The van der Waals surface area contributed by atoms with Crippen LogP contribution in [0.4, 0.5) is 0 Å². The molecule has 1 aromatic rings. The van der Waals surface area contributed by atoms with Gasteiger partial charge >= 0.3 is 0 Å². The normalized spacial score (nSPS) is 20.0. The molecule has 1 aliphatic rings. The Labute approximate surface area is 125 Å². The lowest BCUT2D eigenvalue weighted by Gasteiger charge is -2.34. The molecule has 0 aliphatic carbocycles. The van der Waals surface area contributed by atoms with Gasteiger partial charge in [-0.1, -0.05) is 12.1 Å². The molecule has 0 spiro atoms. The topological polar surface area (TPSA) is 81.9 Å². The molecule has 2 N–H and O–H groups in total. The van der Waals surface area contributed by atoms with Crippen molar-refractivity contribution in [3.63, 3.8) is 0 Å². The van der Waals surface area contributed by atoms with E-state index in [0.29, 0.717) is 31.1 Å². The highest BCUT2D eigenvalue weighted by molar-refractivity contribution is 7.91. The predicted octanol–water partition coefficient (Wildman–Crippen LogP) is 0.434. The van der Waals surface area contributed by atoms with Crippen LogP contribution < -0.4 is 15.2 Å². The van der Waals surface area contributed by atoms with Crippen LogP contribution in [0.15, 0.2) is 18.2 Å². The van der Waals surface area contributed by atoms with Crippen LogP contribution in [0, 0.1) is 0 Å². The quantitative estimate of drug-likeness (QED) is 0.849. The molecular weight excluding hydrogens is 292 g/mol. The molecule has 7 heteroatoms. The summed E-state index contributed by atoms with van der Waals surface area (Å²) in [6, 6.07) is 5.59. The monoisotopic (exact) mass is 314 g/mol. The summed E-state index contributed by atoms with van der Waals surface area (Å²) >= 11 is 0. The summed E-state index contributed by atoms with van der Waals surface area (Å²) < 4.78 is 33.9. The van der Waals surface area contributed by atoms with E-state index in [4.69, 9.17) is 15.2 Å². The fraction of sp³-hybridized carbons (Fsp3) is 0.571. The minimum absolute atomic E-state index is 0.0782. The second kappa shape index (κ2) is 6.64. The van der Waals surface area contributed by atoms with E-state index in [-0.39, 0.29) is 17.5 Å². The molecule has 1 unspecified atom stereocenters. The van der Waals surface area contributed by atoms with Gasteiger partial charge in [0.1, 0.15) is 0 Å². The van der Waals surface area contributed by atoms with E-state index in [1.54, 1.807) is 14.2 Å². The first-order valence-electron chi connectivity index (χ1n) is 6.88. The van der Waals surface area contributed by atoms with Gasteiger partial charge in [0.05, 0.1) is 31.8 Å². The molecule has 6 nitrogen and oxygen atoms in total. The average Bonchev–Trinajstić information content (AvgIpc) is 2.49. The van der Waals surface area contributed by atoms with E-state index in [9.17, 15) is 8.42 Å². The van der Waals surface area contributed by atoms with Crippen molar-refractivity contribution in [1.82, 2.24) is 4.90 Å². The minimum atomic E-state index is -2.91. The summed E-state index contributed by atoms with van der Waals surface area (Å²) in [4.78, 5) is 2.10. The summed E-state index contributed by atoms with van der Waals surface area (Å²) in [6.07, 6.45) is 0. The van der Waals surface area contributed by atoms with Crippen LogP contribution >= 0.6 is 0 Å². The predicted molar refractivity (Wildman–Crippen MR) is 81.6 cm³/mol.